The third-order valence-corrected chi connectivity index (χ3v) is 4.47. The lowest BCUT2D eigenvalue weighted by molar-refractivity contribution is 0.0941. The molecule has 0 bridgehead atoms. The number of aromatic nitrogens is 3. The molecule has 1 saturated heterocycles. The molecule has 0 atom stereocenters. The summed E-state index contributed by atoms with van der Waals surface area (Å²) in [6, 6.07) is 4.24. The smallest absolute Gasteiger partial charge is 0.273 e. The van der Waals surface area contributed by atoms with Crippen molar-refractivity contribution in [2.45, 2.75) is 6.92 Å². The zero-order valence-corrected chi connectivity index (χ0v) is 14.7. The Morgan fingerprint density at radius 3 is 2.88 bits per heavy atom. The topological polar surface area (TPSA) is 75.1 Å². The van der Waals surface area contributed by atoms with Crippen molar-refractivity contribution in [2.75, 3.05) is 39.3 Å². The molecule has 7 nitrogen and oxygen atoms in total. The van der Waals surface area contributed by atoms with Gasteiger partial charge in [0.15, 0.2) is 5.69 Å². The van der Waals surface area contributed by atoms with Gasteiger partial charge in [-0.2, -0.15) is 0 Å². The van der Waals surface area contributed by atoms with Gasteiger partial charge >= 0.3 is 0 Å². The van der Waals surface area contributed by atoms with E-state index in [1.807, 2.05) is 0 Å². The van der Waals surface area contributed by atoms with E-state index in [1.54, 1.807) is 6.92 Å². The van der Waals surface area contributed by atoms with Crippen LogP contribution in [0.1, 0.15) is 16.2 Å². The first-order valence-corrected chi connectivity index (χ1v) is 8.53. The van der Waals surface area contributed by atoms with E-state index in [0.29, 0.717) is 17.9 Å². The maximum atomic E-state index is 13.3. The Morgan fingerprint density at radius 1 is 1.40 bits per heavy atom. The van der Waals surface area contributed by atoms with Crippen molar-refractivity contribution in [1.82, 2.24) is 30.5 Å². The molecule has 2 N–H and O–H groups in total. The van der Waals surface area contributed by atoms with Crippen molar-refractivity contribution in [2.24, 2.45) is 0 Å². The predicted molar refractivity (Wildman–Crippen MR) is 92.7 cm³/mol. The van der Waals surface area contributed by atoms with E-state index in [4.69, 9.17) is 11.6 Å². The Balaban J connectivity index is 1.63. The van der Waals surface area contributed by atoms with Gasteiger partial charge in [0.2, 0.25) is 0 Å². The normalized spacial score (nSPS) is 15.3. The number of nitrogens with one attached hydrogen (secondary N) is 2. The molecule has 134 valence electrons. The van der Waals surface area contributed by atoms with Crippen LogP contribution in [0.2, 0.25) is 5.02 Å². The second kappa shape index (κ2) is 7.90. The molecular weight excluding hydrogens is 347 g/mol. The Bertz CT molecular complexity index is 759. The molecule has 0 unspecified atom stereocenters. The van der Waals surface area contributed by atoms with Crippen LogP contribution in [0, 0.1) is 12.7 Å². The fourth-order valence-corrected chi connectivity index (χ4v) is 2.92. The van der Waals surface area contributed by atoms with Crippen LogP contribution in [0.4, 0.5) is 4.39 Å². The average molecular weight is 367 g/mol. The molecule has 2 aromatic rings. The molecule has 0 spiro atoms. The van der Waals surface area contributed by atoms with Gasteiger partial charge in [0.05, 0.1) is 16.4 Å². The van der Waals surface area contributed by atoms with Crippen LogP contribution >= 0.6 is 11.6 Å². The van der Waals surface area contributed by atoms with Crippen LogP contribution in [-0.2, 0) is 0 Å². The third kappa shape index (κ3) is 4.15. The quantitative estimate of drug-likeness (QED) is 0.826. The van der Waals surface area contributed by atoms with Crippen molar-refractivity contribution in [3.63, 3.8) is 0 Å². The first-order chi connectivity index (χ1) is 12.1. The molecule has 1 fully saturated rings. The van der Waals surface area contributed by atoms with E-state index in [2.05, 4.69) is 25.8 Å². The van der Waals surface area contributed by atoms with Crippen molar-refractivity contribution in [3.8, 4) is 5.69 Å². The van der Waals surface area contributed by atoms with Crippen LogP contribution in [0.3, 0.4) is 0 Å². The minimum absolute atomic E-state index is 0.00516. The second-order valence-electron chi connectivity index (χ2n) is 5.88. The van der Waals surface area contributed by atoms with Crippen LogP contribution in [0.15, 0.2) is 18.2 Å². The number of halogens is 2. The van der Waals surface area contributed by atoms with Gasteiger partial charge in [-0.3, -0.25) is 9.69 Å². The van der Waals surface area contributed by atoms with E-state index in [9.17, 15) is 9.18 Å². The molecule has 1 amide bonds. The first kappa shape index (κ1) is 17.8. The largest absolute Gasteiger partial charge is 0.349 e. The summed E-state index contributed by atoms with van der Waals surface area (Å²) in [6.07, 6.45) is 0. The minimum Gasteiger partial charge on any atom is -0.349 e. The Kier molecular flexibility index (Phi) is 5.62. The molecule has 1 aliphatic heterocycles. The highest BCUT2D eigenvalue weighted by molar-refractivity contribution is 6.30. The highest BCUT2D eigenvalue weighted by atomic mass is 35.5. The maximum Gasteiger partial charge on any atom is 0.273 e. The van der Waals surface area contributed by atoms with Gasteiger partial charge in [0.1, 0.15) is 5.82 Å². The number of piperazine rings is 1. The minimum atomic E-state index is -0.505. The lowest BCUT2D eigenvalue weighted by Crippen LogP contribution is -2.46. The van der Waals surface area contributed by atoms with Crippen molar-refractivity contribution in [3.05, 3.63) is 40.4 Å². The van der Waals surface area contributed by atoms with Gasteiger partial charge < -0.3 is 10.6 Å². The van der Waals surface area contributed by atoms with Gasteiger partial charge in [-0.05, 0) is 25.1 Å². The lowest BCUT2D eigenvalue weighted by Gasteiger charge is -2.26. The van der Waals surface area contributed by atoms with Crippen LogP contribution < -0.4 is 10.6 Å². The molecule has 25 heavy (non-hydrogen) atoms. The number of amides is 1. The number of nitrogens with zero attached hydrogens (tertiary/aromatic N) is 4. The van der Waals surface area contributed by atoms with Crippen molar-refractivity contribution in [1.29, 1.82) is 0 Å². The number of hydrogen-bond acceptors (Lipinski definition) is 5. The SMILES string of the molecule is Cc1c(C(=O)NCCN2CCNCC2)nnn1-c1ccc(F)c(Cl)c1. The van der Waals surface area contributed by atoms with E-state index in [1.165, 1.54) is 22.9 Å². The van der Waals surface area contributed by atoms with E-state index in [-0.39, 0.29) is 16.6 Å². The summed E-state index contributed by atoms with van der Waals surface area (Å²) in [4.78, 5) is 14.6. The molecular formula is C16H20ClFN6O. The highest BCUT2D eigenvalue weighted by Crippen LogP contribution is 2.20. The summed E-state index contributed by atoms with van der Waals surface area (Å²) in [6.45, 7) is 7.00. The Hall–Kier alpha value is -2.03. The van der Waals surface area contributed by atoms with Gasteiger partial charge in [0, 0.05) is 39.3 Å². The molecule has 0 aliphatic carbocycles. The summed E-state index contributed by atoms with van der Waals surface area (Å²) in [7, 11) is 0. The van der Waals surface area contributed by atoms with Gasteiger partial charge in [-0.1, -0.05) is 16.8 Å². The molecule has 9 heteroatoms. The van der Waals surface area contributed by atoms with Crippen molar-refractivity contribution >= 4 is 17.5 Å². The third-order valence-electron chi connectivity index (χ3n) is 4.18. The Morgan fingerprint density at radius 2 is 2.16 bits per heavy atom. The second-order valence-corrected chi connectivity index (χ2v) is 6.29. The molecule has 1 aromatic carbocycles. The fraction of sp³-hybridized carbons (Fsp3) is 0.438. The summed E-state index contributed by atoms with van der Waals surface area (Å²) in [5.41, 5.74) is 1.37. The molecule has 0 saturated carbocycles. The molecule has 2 heterocycles. The summed E-state index contributed by atoms with van der Waals surface area (Å²) >= 11 is 5.80. The zero-order valence-electron chi connectivity index (χ0n) is 13.9. The van der Waals surface area contributed by atoms with Gasteiger partial charge in [-0.15, -0.1) is 5.10 Å². The fourth-order valence-electron chi connectivity index (χ4n) is 2.75. The first-order valence-electron chi connectivity index (χ1n) is 8.15. The van der Waals surface area contributed by atoms with Crippen LogP contribution in [-0.4, -0.2) is 65.1 Å². The monoisotopic (exact) mass is 366 g/mol. The maximum absolute atomic E-state index is 13.3. The lowest BCUT2D eigenvalue weighted by atomic mass is 10.2. The van der Waals surface area contributed by atoms with Gasteiger partial charge in [0.25, 0.3) is 5.91 Å². The summed E-state index contributed by atoms with van der Waals surface area (Å²) in [5, 5.41) is 14.1. The summed E-state index contributed by atoms with van der Waals surface area (Å²) in [5.74, 6) is -0.777. The number of carbonyl (C=O) groups is 1. The predicted octanol–water partition coefficient (Wildman–Crippen LogP) is 1.00. The molecule has 0 radical (unpaired) electrons. The van der Waals surface area contributed by atoms with E-state index in [0.717, 1.165) is 32.7 Å². The van der Waals surface area contributed by atoms with Crippen LogP contribution in [0.25, 0.3) is 5.69 Å². The zero-order chi connectivity index (χ0) is 17.8. The highest BCUT2D eigenvalue weighted by Gasteiger charge is 2.18. The molecule has 3 rings (SSSR count). The summed E-state index contributed by atoms with van der Waals surface area (Å²) < 4.78 is 14.8. The van der Waals surface area contributed by atoms with E-state index >= 15 is 0 Å². The molecule has 1 aliphatic rings. The van der Waals surface area contributed by atoms with Crippen LogP contribution in [0.5, 0.6) is 0 Å². The standard InChI is InChI=1S/C16H20ClFN6O/c1-11-15(16(25)20-6-9-23-7-4-19-5-8-23)21-22-24(11)12-2-3-14(18)13(17)10-12/h2-3,10,19H,4-9H2,1H3,(H,20,25). The number of hydrogen-bond donors (Lipinski definition) is 2. The number of benzene rings is 1. The van der Waals surface area contributed by atoms with Crippen molar-refractivity contribution < 1.29 is 9.18 Å². The molecule has 1 aromatic heterocycles. The average Bonchev–Trinajstić information content (AvgIpc) is 3.00. The van der Waals surface area contributed by atoms with E-state index < -0.39 is 5.82 Å². The van der Waals surface area contributed by atoms with Gasteiger partial charge in [-0.25, -0.2) is 9.07 Å². The number of carbonyl (C=O) groups excluding carboxylic acids is 1. The Labute approximate surface area is 150 Å². The number of rotatable bonds is 5.